The molecule has 0 atom stereocenters. The van der Waals surface area contributed by atoms with E-state index in [1.54, 1.807) is 68.8 Å². The van der Waals surface area contributed by atoms with Crippen molar-refractivity contribution in [3.05, 3.63) is 77.6 Å². The van der Waals surface area contributed by atoms with Crippen molar-refractivity contribution in [1.29, 1.82) is 0 Å². The maximum absolute atomic E-state index is 12.4. The van der Waals surface area contributed by atoms with Crippen LogP contribution in [0, 0.1) is 0 Å². The molecule has 6 nitrogen and oxygen atoms in total. The van der Waals surface area contributed by atoms with E-state index >= 15 is 0 Å². The second-order valence-corrected chi connectivity index (χ2v) is 5.89. The van der Waals surface area contributed by atoms with Crippen molar-refractivity contribution in [2.75, 3.05) is 14.2 Å². The lowest BCUT2D eigenvalue weighted by Crippen LogP contribution is -1.94. The van der Waals surface area contributed by atoms with Crippen LogP contribution in [0.5, 0.6) is 11.5 Å². The largest absolute Gasteiger partial charge is 0.497 e. The highest BCUT2D eigenvalue weighted by molar-refractivity contribution is 6.07. The average Bonchev–Trinajstić information content (AvgIpc) is 3.22. The fourth-order valence-electron chi connectivity index (χ4n) is 2.60. The molecule has 1 aromatic heterocycles. The molecule has 28 heavy (non-hydrogen) atoms. The van der Waals surface area contributed by atoms with Crippen LogP contribution in [0.4, 0.5) is 0 Å². The van der Waals surface area contributed by atoms with Crippen LogP contribution in [-0.4, -0.2) is 31.1 Å². The van der Waals surface area contributed by atoms with E-state index in [1.165, 1.54) is 12.1 Å². The molecule has 2 aromatic carbocycles. The van der Waals surface area contributed by atoms with Gasteiger partial charge in [0.2, 0.25) is 5.76 Å². The molecular formula is C22H18O6. The Balaban J connectivity index is 1.76. The van der Waals surface area contributed by atoms with Gasteiger partial charge in [-0.1, -0.05) is 30.3 Å². The third kappa shape index (κ3) is 4.29. The molecule has 1 heterocycles. The number of methoxy groups -OCH3 is 2. The summed E-state index contributed by atoms with van der Waals surface area (Å²) in [6, 6.07) is 15.1. The molecule has 0 aliphatic carbocycles. The maximum Gasteiger partial charge on any atom is 0.371 e. The SMILES string of the molecule is COc1cc(/C=C/C(=O)c2ccc(-c3ccc(C(=O)O)o3)cc2)cc(OC)c1. The Hall–Kier alpha value is -3.80. The predicted octanol–water partition coefficient (Wildman–Crippen LogP) is 4.56. The number of furan rings is 1. The van der Waals surface area contributed by atoms with Gasteiger partial charge >= 0.3 is 5.97 Å². The molecule has 142 valence electrons. The number of benzene rings is 2. The van der Waals surface area contributed by atoms with E-state index in [-0.39, 0.29) is 11.5 Å². The van der Waals surface area contributed by atoms with Crippen LogP contribution in [0.25, 0.3) is 17.4 Å². The van der Waals surface area contributed by atoms with Gasteiger partial charge in [-0.3, -0.25) is 4.79 Å². The van der Waals surface area contributed by atoms with E-state index in [0.717, 1.165) is 5.56 Å². The number of carbonyl (C=O) groups excluding carboxylic acids is 1. The highest BCUT2D eigenvalue weighted by Gasteiger charge is 2.11. The number of ketones is 1. The summed E-state index contributed by atoms with van der Waals surface area (Å²) in [5.74, 6) is 0.267. The summed E-state index contributed by atoms with van der Waals surface area (Å²) in [5.41, 5.74) is 1.96. The van der Waals surface area contributed by atoms with E-state index in [9.17, 15) is 9.59 Å². The molecule has 0 radical (unpaired) electrons. The minimum absolute atomic E-state index is 0.133. The summed E-state index contributed by atoms with van der Waals surface area (Å²) >= 11 is 0. The standard InChI is InChI=1S/C22H18O6/c1-26-17-11-14(12-18(13-17)27-2)3-8-19(23)15-4-6-16(7-5-15)20-9-10-21(28-20)22(24)25/h3-13H,1-2H3,(H,24,25)/b8-3+. The Bertz CT molecular complexity index is 1010. The summed E-state index contributed by atoms with van der Waals surface area (Å²) in [7, 11) is 3.13. The van der Waals surface area contributed by atoms with Crippen LogP contribution in [0.2, 0.25) is 0 Å². The number of allylic oxidation sites excluding steroid dienone is 1. The van der Waals surface area contributed by atoms with Crippen molar-refractivity contribution >= 4 is 17.8 Å². The molecule has 0 saturated heterocycles. The zero-order chi connectivity index (χ0) is 20.1. The summed E-state index contributed by atoms with van der Waals surface area (Å²) in [6.45, 7) is 0. The molecule has 0 aliphatic heterocycles. The van der Waals surface area contributed by atoms with Crippen LogP contribution in [-0.2, 0) is 0 Å². The predicted molar refractivity (Wildman–Crippen MR) is 104 cm³/mol. The van der Waals surface area contributed by atoms with Gasteiger partial charge in [-0.05, 0) is 35.9 Å². The second-order valence-electron chi connectivity index (χ2n) is 5.89. The van der Waals surface area contributed by atoms with Crippen molar-refractivity contribution in [3.63, 3.8) is 0 Å². The van der Waals surface area contributed by atoms with E-state index in [2.05, 4.69) is 0 Å². The van der Waals surface area contributed by atoms with Crippen LogP contribution in [0.15, 0.2) is 65.1 Å². The second kappa shape index (κ2) is 8.26. The normalized spacial score (nSPS) is 10.8. The van der Waals surface area contributed by atoms with E-state index < -0.39 is 5.97 Å². The van der Waals surface area contributed by atoms with Gasteiger partial charge in [0.05, 0.1) is 14.2 Å². The molecule has 0 unspecified atom stereocenters. The number of ether oxygens (including phenoxy) is 2. The Morgan fingerprint density at radius 3 is 2.11 bits per heavy atom. The van der Waals surface area contributed by atoms with Crippen LogP contribution in [0.3, 0.4) is 0 Å². The molecule has 0 bridgehead atoms. The van der Waals surface area contributed by atoms with Crippen LogP contribution >= 0.6 is 0 Å². The van der Waals surface area contributed by atoms with Gasteiger partial charge < -0.3 is 19.0 Å². The molecule has 0 aliphatic rings. The van der Waals surface area contributed by atoms with Gasteiger partial charge in [0, 0.05) is 17.2 Å². The molecule has 3 rings (SSSR count). The number of carboxylic acid groups (broad SMARTS) is 1. The van der Waals surface area contributed by atoms with E-state index in [0.29, 0.717) is 28.4 Å². The molecule has 6 heteroatoms. The summed E-state index contributed by atoms with van der Waals surface area (Å²) in [4.78, 5) is 23.3. The first-order chi connectivity index (χ1) is 13.5. The Kier molecular flexibility index (Phi) is 5.60. The van der Waals surface area contributed by atoms with Crippen molar-refractivity contribution in [2.45, 2.75) is 0 Å². The number of aromatic carboxylic acids is 1. The quantitative estimate of drug-likeness (QED) is 0.479. The lowest BCUT2D eigenvalue weighted by Gasteiger charge is -2.05. The van der Waals surface area contributed by atoms with E-state index in [4.69, 9.17) is 19.0 Å². The first-order valence-electron chi connectivity index (χ1n) is 8.39. The number of hydrogen-bond acceptors (Lipinski definition) is 5. The number of carboxylic acids is 1. The maximum atomic E-state index is 12.4. The highest BCUT2D eigenvalue weighted by Crippen LogP contribution is 2.24. The molecule has 0 saturated carbocycles. The zero-order valence-corrected chi connectivity index (χ0v) is 15.3. The Labute approximate surface area is 161 Å². The van der Waals surface area contributed by atoms with Crippen LogP contribution in [0.1, 0.15) is 26.5 Å². The molecule has 1 N–H and O–H groups in total. The van der Waals surface area contributed by atoms with Crippen LogP contribution < -0.4 is 9.47 Å². The van der Waals surface area contributed by atoms with Gasteiger partial charge in [0.1, 0.15) is 17.3 Å². The topological polar surface area (TPSA) is 86.0 Å². The molecule has 3 aromatic rings. The van der Waals surface area contributed by atoms with Crippen molar-refractivity contribution in [3.8, 4) is 22.8 Å². The van der Waals surface area contributed by atoms with Gasteiger partial charge in [0.25, 0.3) is 0 Å². The Morgan fingerprint density at radius 1 is 0.929 bits per heavy atom. The number of carbonyl (C=O) groups is 2. The number of rotatable bonds is 7. The monoisotopic (exact) mass is 378 g/mol. The number of hydrogen-bond donors (Lipinski definition) is 1. The van der Waals surface area contributed by atoms with E-state index in [1.807, 2.05) is 0 Å². The highest BCUT2D eigenvalue weighted by atomic mass is 16.5. The first-order valence-corrected chi connectivity index (χ1v) is 8.39. The molecule has 0 amide bonds. The van der Waals surface area contributed by atoms with Gasteiger partial charge in [-0.2, -0.15) is 0 Å². The minimum atomic E-state index is -1.13. The average molecular weight is 378 g/mol. The third-order valence-corrected chi connectivity index (χ3v) is 4.07. The fourth-order valence-corrected chi connectivity index (χ4v) is 2.60. The lowest BCUT2D eigenvalue weighted by molar-refractivity contribution is 0.0663. The lowest BCUT2D eigenvalue weighted by atomic mass is 10.1. The van der Waals surface area contributed by atoms with Gasteiger partial charge in [-0.25, -0.2) is 4.79 Å². The third-order valence-electron chi connectivity index (χ3n) is 4.07. The minimum Gasteiger partial charge on any atom is -0.497 e. The zero-order valence-electron chi connectivity index (χ0n) is 15.3. The van der Waals surface area contributed by atoms with Crippen molar-refractivity contribution < 1.29 is 28.6 Å². The Morgan fingerprint density at radius 2 is 1.57 bits per heavy atom. The van der Waals surface area contributed by atoms with Crippen molar-refractivity contribution in [1.82, 2.24) is 0 Å². The smallest absolute Gasteiger partial charge is 0.371 e. The first kappa shape index (κ1) is 19.0. The molecule has 0 fully saturated rings. The molecular weight excluding hydrogens is 360 g/mol. The fraction of sp³-hybridized carbons (Fsp3) is 0.0909. The molecule has 0 spiro atoms. The van der Waals surface area contributed by atoms with Crippen molar-refractivity contribution in [2.24, 2.45) is 0 Å². The summed E-state index contributed by atoms with van der Waals surface area (Å²) < 4.78 is 15.7. The van der Waals surface area contributed by atoms with Gasteiger partial charge in [0.15, 0.2) is 5.78 Å². The summed E-state index contributed by atoms with van der Waals surface area (Å²) in [5, 5.41) is 8.92. The summed E-state index contributed by atoms with van der Waals surface area (Å²) in [6.07, 6.45) is 3.16. The van der Waals surface area contributed by atoms with Gasteiger partial charge in [-0.15, -0.1) is 0 Å².